The molecule has 1 amide bonds. The highest BCUT2D eigenvalue weighted by molar-refractivity contribution is 9.09. The standard InChI is InChI=1S/C15H18BrNOS/c1-10-6-7-17(13(10)8-16)15(18)12-9-19-14-5-3-2-4-11(12)14/h2-5,10,12-13H,6-9H2,1H3. The van der Waals surface area contributed by atoms with E-state index >= 15 is 0 Å². The van der Waals surface area contributed by atoms with Crippen molar-refractivity contribution < 1.29 is 4.79 Å². The van der Waals surface area contributed by atoms with Gasteiger partial charge in [0.05, 0.1) is 5.92 Å². The average Bonchev–Trinajstić information content (AvgIpc) is 3.01. The highest BCUT2D eigenvalue weighted by Crippen LogP contribution is 2.41. The summed E-state index contributed by atoms with van der Waals surface area (Å²) >= 11 is 5.38. The monoisotopic (exact) mass is 339 g/mol. The van der Waals surface area contributed by atoms with Gasteiger partial charge < -0.3 is 4.90 Å². The summed E-state index contributed by atoms with van der Waals surface area (Å²) in [6.07, 6.45) is 1.13. The first-order valence-corrected chi connectivity index (χ1v) is 8.91. The molecule has 2 aliphatic heterocycles. The molecule has 0 saturated carbocycles. The lowest BCUT2D eigenvalue weighted by atomic mass is 9.99. The molecule has 1 aromatic rings. The van der Waals surface area contributed by atoms with Crippen molar-refractivity contribution in [1.82, 2.24) is 4.90 Å². The Hall–Kier alpha value is -0.480. The molecule has 0 spiro atoms. The number of halogens is 1. The van der Waals surface area contributed by atoms with Crippen LogP contribution in [0, 0.1) is 5.92 Å². The number of alkyl halides is 1. The molecule has 0 bridgehead atoms. The van der Waals surface area contributed by atoms with E-state index in [4.69, 9.17) is 0 Å². The van der Waals surface area contributed by atoms with Crippen LogP contribution in [0.5, 0.6) is 0 Å². The number of carbonyl (C=O) groups is 1. The zero-order chi connectivity index (χ0) is 13.4. The maximum absolute atomic E-state index is 12.8. The maximum Gasteiger partial charge on any atom is 0.231 e. The van der Waals surface area contributed by atoms with Crippen LogP contribution >= 0.6 is 27.7 Å². The zero-order valence-electron chi connectivity index (χ0n) is 11.0. The van der Waals surface area contributed by atoms with Gasteiger partial charge in [0.1, 0.15) is 0 Å². The highest BCUT2D eigenvalue weighted by atomic mass is 79.9. The van der Waals surface area contributed by atoms with E-state index in [1.807, 2.05) is 17.8 Å². The van der Waals surface area contributed by atoms with Gasteiger partial charge in [0.2, 0.25) is 5.91 Å². The summed E-state index contributed by atoms with van der Waals surface area (Å²) in [5.74, 6) is 1.89. The van der Waals surface area contributed by atoms with Gasteiger partial charge in [-0.15, -0.1) is 11.8 Å². The second-order valence-corrected chi connectivity index (χ2v) is 7.13. The zero-order valence-corrected chi connectivity index (χ0v) is 13.4. The van der Waals surface area contributed by atoms with Crippen LogP contribution in [-0.4, -0.2) is 34.5 Å². The molecule has 2 aliphatic rings. The summed E-state index contributed by atoms with van der Waals surface area (Å²) in [5, 5.41) is 0.890. The molecule has 4 heteroatoms. The van der Waals surface area contributed by atoms with E-state index < -0.39 is 0 Å². The first-order valence-electron chi connectivity index (χ1n) is 6.80. The molecule has 2 heterocycles. The fraction of sp³-hybridized carbons (Fsp3) is 0.533. The molecule has 0 radical (unpaired) electrons. The molecule has 1 fully saturated rings. The van der Waals surface area contributed by atoms with Crippen LogP contribution in [0.2, 0.25) is 0 Å². The number of rotatable bonds is 2. The largest absolute Gasteiger partial charge is 0.338 e. The molecule has 19 heavy (non-hydrogen) atoms. The van der Waals surface area contributed by atoms with E-state index in [2.05, 4.69) is 46.0 Å². The van der Waals surface area contributed by atoms with Crippen LogP contribution < -0.4 is 0 Å². The van der Waals surface area contributed by atoms with Crippen molar-refractivity contribution in [3.8, 4) is 0 Å². The number of carbonyl (C=O) groups excluding carboxylic acids is 1. The number of nitrogens with zero attached hydrogens (tertiary/aromatic N) is 1. The van der Waals surface area contributed by atoms with Gasteiger partial charge in [0, 0.05) is 28.6 Å². The lowest BCUT2D eigenvalue weighted by Gasteiger charge is -2.28. The number of hydrogen-bond donors (Lipinski definition) is 0. The number of hydrogen-bond acceptors (Lipinski definition) is 2. The van der Waals surface area contributed by atoms with Gasteiger partial charge in [-0.05, 0) is 24.0 Å². The Bertz CT molecular complexity index is 493. The van der Waals surface area contributed by atoms with E-state index in [1.54, 1.807) is 0 Å². The first-order chi connectivity index (χ1) is 9.22. The van der Waals surface area contributed by atoms with Crippen molar-refractivity contribution in [3.05, 3.63) is 29.8 Å². The molecular weight excluding hydrogens is 322 g/mol. The molecule has 0 aromatic heterocycles. The molecule has 2 nitrogen and oxygen atoms in total. The third kappa shape index (κ3) is 2.33. The van der Waals surface area contributed by atoms with Gasteiger partial charge >= 0.3 is 0 Å². The second-order valence-electron chi connectivity index (χ2n) is 5.42. The minimum atomic E-state index is 0.0630. The van der Waals surface area contributed by atoms with Gasteiger partial charge in [-0.1, -0.05) is 41.1 Å². The van der Waals surface area contributed by atoms with Gasteiger partial charge in [0.25, 0.3) is 0 Å². The summed E-state index contributed by atoms with van der Waals surface area (Å²) in [6.45, 7) is 3.16. The highest BCUT2D eigenvalue weighted by Gasteiger charge is 2.39. The number of benzene rings is 1. The molecule has 1 aromatic carbocycles. The van der Waals surface area contributed by atoms with Crippen molar-refractivity contribution in [2.45, 2.75) is 30.2 Å². The average molecular weight is 340 g/mol. The Labute approximate surface area is 127 Å². The fourth-order valence-electron chi connectivity index (χ4n) is 3.08. The third-order valence-corrected chi connectivity index (χ3v) is 6.17. The second kappa shape index (κ2) is 5.49. The fourth-order valence-corrected chi connectivity index (χ4v) is 5.29. The first kappa shape index (κ1) is 13.5. The minimum absolute atomic E-state index is 0.0630. The van der Waals surface area contributed by atoms with E-state index in [1.165, 1.54) is 10.5 Å². The Morgan fingerprint density at radius 2 is 2.26 bits per heavy atom. The molecule has 0 aliphatic carbocycles. The van der Waals surface area contributed by atoms with Crippen molar-refractivity contribution in [2.24, 2.45) is 5.92 Å². The number of fused-ring (bicyclic) bond motifs is 1. The summed E-state index contributed by atoms with van der Waals surface area (Å²) in [7, 11) is 0. The van der Waals surface area contributed by atoms with E-state index in [0.29, 0.717) is 17.9 Å². The van der Waals surface area contributed by atoms with Gasteiger partial charge in [-0.2, -0.15) is 0 Å². The smallest absolute Gasteiger partial charge is 0.231 e. The summed E-state index contributed by atoms with van der Waals surface area (Å²) < 4.78 is 0. The molecule has 3 rings (SSSR count). The molecule has 102 valence electrons. The molecule has 3 atom stereocenters. The summed E-state index contributed by atoms with van der Waals surface area (Å²) in [6, 6.07) is 8.70. The quantitative estimate of drug-likeness (QED) is 0.768. The van der Waals surface area contributed by atoms with Gasteiger partial charge in [0.15, 0.2) is 0 Å². The van der Waals surface area contributed by atoms with Crippen molar-refractivity contribution in [3.63, 3.8) is 0 Å². The third-order valence-electron chi connectivity index (χ3n) is 4.32. The normalized spacial score (nSPS) is 29.6. The van der Waals surface area contributed by atoms with E-state index in [9.17, 15) is 4.79 Å². The Morgan fingerprint density at radius 1 is 1.47 bits per heavy atom. The Balaban J connectivity index is 1.82. The van der Waals surface area contributed by atoms with Crippen LogP contribution in [0.4, 0.5) is 0 Å². The summed E-state index contributed by atoms with van der Waals surface area (Å²) in [4.78, 5) is 16.2. The predicted molar refractivity (Wildman–Crippen MR) is 83.0 cm³/mol. The molecule has 1 saturated heterocycles. The lowest BCUT2D eigenvalue weighted by molar-refractivity contribution is -0.133. The predicted octanol–water partition coefficient (Wildman–Crippen LogP) is 3.51. The van der Waals surface area contributed by atoms with Gasteiger partial charge in [-0.3, -0.25) is 4.79 Å². The van der Waals surface area contributed by atoms with Crippen LogP contribution in [-0.2, 0) is 4.79 Å². The number of thioether (sulfide) groups is 1. The lowest BCUT2D eigenvalue weighted by Crippen LogP contribution is -2.41. The van der Waals surface area contributed by atoms with E-state index in [-0.39, 0.29) is 5.92 Å². The minimum Gasteiger partial charge on any atom is -0.338 e. The molecular formula is C15H18BrNOS. The van der Waals surface area contributed by atoms with Crippen molar-refractivity contribution in [2.75, 3.05) is 17.6 Å². The van der Waals surface area contributed by atoms with Crippen LogP contribution in [0.25, 0.3) is 0 Å². The number of likely N-dealkylation sites (tertiary alicyclic amines) is 1. The van der Waals surface area contributed by atoms with E-state index in [0.717, 1.165) is 24.0 Å². The summed E-state index contributed by atoms with van der Waals surface area (Å²) in [5.41, 5.74) is 1.23. The molecule has 3 unspecified atom stereocenters. The Kier molecular flexibility index (Phi) is 3.90. The van der Waals surface area contributed by atoms with Crippen LogP contribution in [0.15, 0.2) is 29.2 Å². The number of amides is 1. The Morgan fingerprint density at radius 3 is 3.05 bits per heavy atom. The van der Waals surface area contributed by atoms with Gasteiger partial charge in [-0.25, -0.2) is 0 Å². The van der Waals surface area contributed by atoms with Crippen molar-refractivity contribution >= 4 is 33.6 Å². The SMILES string of the molecule is CC1CCN(C(=O)C2CSc3ccccc32)C1CBr. The van der Waals surface area contributed by atoms with Crippen molar-refractivity contribution in [1.29, 1.82) is 0 Å². The van der Waals surface area contributed by atoms with Crippen LogP contribution in [0.1, 0.15) is 24.8 Å². The molecule has 0 N–H and O–H groups in total. The maximum atomic E-state index is 12.8. The van der Waals surface area contributed by atoms with Crippen LogP contribution in [0.3, 0.4) is 0 Å². The topological polar surface area (TPSA) is 20.3 Å².